The van der Waals surface area contributed by atoms with Crippen molar-refractivity contribution in [1.29, 1.82) is 0 Å². The molecule has 0 aliphatic carbocycles. The molecule has 0 bridgehead atoms. The molecule has 0 unspecified atom stereocenters. The maximum absolute atomic E-state index is 13.5. The van der Waals surface area contributed by atoms with Gasteiger partial charge in [0.15, 0.2) is 0 Å². The first-order valence-electron chi connectivity index (χ1n) is 19.4. The molecule has 6 rings (SSSR count). The van der Waals surface area contributed by atoms with Gasteiger partial charge in [0.1, 0.15) is 11.5 Å². The van der Waals surface area contributed by atoms with Crippen LogP contribution in [-0.4, -0.2) is 85.7 Å². The van der Waals surface area contributed by atoms with Gasteiger partial charge in [0, 0.05) is 67.6 Å². The van der Waals surface area contributed by atoms with Gasteiger partial charge in [-0.3, -0.25) is 24.6 Å². The van der Waals surface area contributed by atoms with Gasteiger partial charge in [-0.2, -0.15) is 0 Å². The van der Waals surface area contributed by atoms with Gasteiger partial charge in [0.05, 0.1) is 24.9 Å². The van der Waals surface area contributed by atoms with Crippen LogP contribution in [0.25, 0.3) is 11.1 Å². The summed E-state index contributed by atoms with van der Waals surface area (Å²) in [6.07, 6.45) is 9.35. The van der Waals surface area contributed by atoms with E-state index in [4.69, 9.17) is 21.1 Å². The van der Waals surface area contributed by atoms with Crippen molar-refractivity contribution >= 4 is 35.1 Å². The lowest BCUT2D eigenvalue weighted by atomic mass is 9.82. The molecule has 0 atom stereocenters. The molecular weight excluding hydrogens is 706 g/mol. The Balaban J connectivity index is 0.997. The minimum atomic E-state index is -0.522. The molecule has 54 heavy (non-hydrogen) atoms. The Labute approximate surface area is 323 Å². The van der Waals surface area contributed by atoms with Crippen LogP contribution in [0.3, 0.4) is 0 Å². The number of amides is 4. The zero-order valence-corrected chi connectivity index (χ0v) is 33.1. The average molecular weight is 760 g/mol. The van der Waals surface area contributed by atoms with Crippen LogP contribution in [0.1, 0.15) is 78.9 Å². The summed E-state index contributed by atoms with van der Waals surface area (Å²) < 4.78 is 13.7. The Morgan fingerprint density at radius 1 is 0.870 bits per heavy atom. The van der Waals surface area contributed by atoms with Gasteiger partial charge in [-0.05, 0) is 125 Å². The topological polar surface area (TPSA) is 113 Å². The Hall–Kier alpha value is -4.35. The summed E-state index contributed by atoms with van der Waals surface area (Å²) in [6, 6.07) is 8.67. The molecule has 3 fully saturated rings. The fourth-order valence-corrected chi connectivity index (χ4v) is 8.58. The molecule has 0 saturated carbocycles. The van der Waals surface area contributed by atoms with Crippen LogP contribution in [-0.2, 0) is 17.8 Å². The van der Waals surface area contributed by atoms with E-state index in [1.807, 2.05) is 29.5 Å². The highest BCUT2D eigenvalue weighted by Gasteiger charge is 2.30. The number of anilines is 1. The molecule has 12 heteroatoms. The summed E-state index contributed by atoms with van der Waals surface area (Å²) in [7, 11) is 3.42. The number of carbonyl (C=O) groups is 3. The monoisotopic (exact) mass is 759 g/mol. The number of rotatable bonds is 12. The second-order valence-corrected chi connectivity index (χ2v) is 15.5. The van der Waals surface area contributed by atoms with Crippen molar-refractivity contribution in [3.8, 4) is 22.6 Å². The second kappa shape index (κ2) is 17.4. The molecule has 0 radical (unpaired) electrons. The molecule has 11 nitrogen and oxygen atoms in total. The average Bonchev–Trinajstić information content (AvgIpc) is 3.18. The number of benzene rings is 2. The first kappa shape index (κ1) is 39.3. The lowest BCUT2D eigenvalue weighted by Gasteiger charge is -2.37. The van der Waals surface area contributed by atoms with Crippen molar-refractivity contribution in [1.82, 2.24) is 19.7 Å². The number of ether oxygens (including phenoxy) is 2. The number of nitrogens with zero attached hydrogens (tertiary/aromatic N) is 4. The molecule has 3 aromatic rings. The van der Waals surface area contributed by atoms with Crippen LogP contribution in [0.2, 0.25) is 5.02 Å². The van der Waals surface area contributed by atoms with Crippen molar-refractivity contribution in [3.63, 3.8) is 0 Å². The highest BCUT2D eigenvalue weighted by atomic mass is 35.5. The minimum absolute atomic E-state index is 0.0562. The van der Waals surface area contributed by atoms with E-state index in [0.717, 1.165) is 84.6 Å². The smallest absolute Gasteiger partial charge is 0.328 e. The SMILES string of the molecule is CCCn1cc(-c2cc(OC)c(CCN3CCC(CC4CCN(C(=O)c5ccc(Cl)c(N6CCC(=O)NC6=O)c5)CC4)CC3)c(OC)c2)c(C)c(C)c1=O. The fourth-order valence-electron chi connectivity index (χ4n) is 8.36. The van der Waals surface area contributed by atoms with Gasteiger partial charge in [0.2, 0.25) is 5.91 Å². The molecule has 0 spiro atoms. The summed E-state index contributed by atoms with van der Waals surface area (Å²) in [5.41, 5.74) is 5.81. The predicted molar refractivity (Wildman–Crippen MR) is 212 cm³/mol. The maximum Gasteiger partial charge on any atom is 0.328 e. The van der Waals surface area contributed by atoms with Gasteiger partial charge in [-0.1, -0.05) is 18.5 Å². The van der Waals surface area contributed by atoms with Gasteiger partial charge < -0.3 is 23.8 Å². The number of nitrogens with one attached hydrogen (secondary N) is 1. The van der Waals surface area contributed by atoms with Crippen LogP contribution in [0, 0.1) is 25.7 Å². The van der Waals surface area contributed by atoms with Crippen molar-refractivity contribution in [2.75, 3.05) is 58.4 Å². The van der Waals surface area contributed by atoms with Gasteiger partial charge in [0.25, 0.3) is 11.5 Å². The minimum Gasteiger partial charge on any atom is -0.496 e. The number of imide groups is 1. The Morgan fingerprint density at radius 2 is 1.52 bits per heavy atom. The van der Waals surface area contributed by atoms with Crippen LogP contribution >= 0.6 is 11.6 Å². The van der Waals surface area contributed by atoms with Gasteiger partial charge >= 0.3 is 6.03 Å². The molecule has 3 aliphatic heterocycles. The van der Waals surface area contributed by atoms with E-state index in [9.17, 15) is 19.2 Å². The number of urea groups is 1. The summed E-state index contributed by atoms with van der Waals surface area (Å²) in [5, 5.41) is 2.68. The number of halogens is 1. The number of hydrogen-bond acceptors (Lipinski definition) is 7. The van der Waals surface area contributed by atoms with Crippen molar-refractivity contribution in [2.24, 2.45) is 11.8 Å². The molecule has 4 heterocycles. The zero-order valence-electron chi connectivity index (χ0n) is 32.3. The number of aromatic nitrogens is 1. The third-order valence-electron chi connectivity index (χ3n) is 11.7. The predicted octanol–water partition coefficient (Wildman–Crippen LogP) is 6.86. The Bertz CT molecular complexity index is 1900. The normalized spacial score (nSPS) is 17.5. The lowest BCUT2D eigenvalue weighted by Crippen LogP contribution is -2.49. The van der Waals surface area contributed by atoms with Crippen LogP contribution in [0.5, 0.6) is 11.5 Å². The van der Waals surface area contributed by atoms with Crippen molar-refractivity contribution in [3.05, 3.63) is 74.2 Å². The van der Waals surface area contributed by atoms with Crippen LogP contribution in [0.15, 0.2) is 41.3 Å². The zero-order chi connectivity index (χ0) is 38.5. The molecule has 1 N–H and O–H groups in total. The molecule has 4 amide bonds. The maximum atomic E-state index is 13.5. The highest BCUT2D eigenvalue weighted by molar-refractivity contribution is 6.34. The molecule has 1 aromatic heterocycles. The van der Waals surface area contributed by atoms with Gasteiger partial charge in [-0.15, -0.1) is 0 Å². The number of methoxy groups -OCH3 is 2. The number of piperidine rings is 2. The number of hydrogen-bond donors (Lipinski definition) is 1. The van der Waals surface area contributed by atoms with E-state index in [1.165, 1.54) is 24.2 Å². The summed E-state index contributed by atoms with van der Waals surface area (Å²) in [4.78, 5) is 56.2. The number of carbonyl (C=O) groups excluding carboxylic acids is 3. The standard InChI is InChI=1S/C42H54ClN5O6/c1-6-15-47-26-34(27(2)28(3)40(47)50)32-24-37(53-4)33(38(25-32)54-5)13-18-45-16-9-29(10-17-45)22-30-11-19-46(20-12-30)41(51)31-7-8-35(43)36(23-31)48-21-14-39(49)44-42(48)52/h7-8,23-26,29-30H,6,9-22H2,1-5H3,(H,44,49,52). The first-order valence-corrected chi connectivity index (χ1v) is 19.8. The molecule has 3 aliphatic rings. The van der Waals surface area contributed by atoms with Crippen LogP contribution in [0.4, 0.5) is 10.5 Å². The second-order valence-electron chi connectivity index (χ2n) is 15.1. The summed E-state index contributed by atoms with van der Waals surface area (Å²) in [6.45, 7) is 11.4. The molecule has 290 valence electrons. The molecular formula is C42H54ClN5O6. The first-order chi connectivity index (χ1) is 26.0. The third kappa shape index (κ3) is 8.62. The van der Waals surface area contributed by atoms with Crippen LogP contribution < -0.4 is 25.2 Å². The van der Waals surface area contributed by atoms with Gasteiger partial charge in [-0.25, -0.2) is 4.79 Å². The van der Waals surface area contributed by atoms with E-state index in [-0.39, 0.29) is 30.3 Å². The number of pyridine rings is 1. The van der Waals surface area contributed by atoms with E-state index in [0.29, 0.717) is 47.7 Å². The highest BCUT2D eigenvalue weighted by Crippen LogP contribution is 2.38. The number of likely N-dealkylation sites (tertiary alicyclic amines) is 2. The fraction of sp³-hybridized carbons (Fsp3) is 0.524. The lowest BCUT2D eigenvalue weighted by molar-refractivity contribution is -0.120. The summed E-state index contributed by atoms with van der Waals surface area (Å²) in [5.74, 6) is 2.52. The van der Waals surface area contributed by atoms with Crippen molar-refractivity contribution in [2.45, 2.75) is 78.7 Å². The Kier molecular flexibility index (Phi) is 12.7. The molecule has 2 aromatic carbocycles. The van der Waals surface area contributed by atoms with E-state index >= 15 is 0 Å². The van der Waals surface area contributed by atoms with E-state index in [2.05, 4.69) is 29.3 Å². The van der Waals surface area contributed by atoms with Crippen molar-refractivity contribution < 1.29 is 23.9 Å². The summed E-state index contributed by atoms with van der Waals surface area (Å²) >= 11 is 6.41. The number of aryl methyl sites for hydroxylation is 1. The van der Waals surface area contributed by atoms with E-state index in [1.54, 1.807) is 32.4 Å². The van der Waals surface area contributed by atoms with E-state index < -0.39 is 6.03 Å². The quantitative estimate of drug-likeness (QED) is 0.215. The molecule has 3 saturated heterocycles. The Morgan fingerprint density at radius 3 is 2.13 bits per heavy atom. The third-order valence-corrected chi connectivity index (χ3v) is 12.0. The largest absolute Gasteiger partial charge is 0.496 e.